The molecule has 1 heterocycles. The van der Waals surface area contributed by atoms with Crippen molar-refractivity contribution in [2.75, 3.05) is 29.9 Å². The van der Waals surface area contributed by atoms with Crippen LogP contribution in [-0.2, 0) is 14.8 Å². The van der Waals surface area contributed by atoms with Gasteiger partial charge in [0.25, 0.3) is 0 Å². The number of anilines is 2. The van der Waals surface area contributed by atoms with Gasteiger partial charge in [0.05, 0.1) is 4.90 Å². The Morgan fingerprint density at radius 1 is 1.06 bits per heavy atom. The Morgan fingerprint density at radius 3 is 2.44 bits per heavy atom. The Hall–Kier alpha value is -2.09. The van der Waals surface area contributed by atoms with Crippen LogP contribution < -0.4 is 14.9 Å². The number of carbonyl (C=O) groups excluding carboxylic acids is 1. The summed E-state index contributed by atoms with van der Waals surface area (Å²) in [7, 11) is -3.53. The Kier molecular flexibility index (Phi) is 8.96. The highest BCUT2D eigenvalue weighted by Gasteiger charge is 2.25. The molecule has 1 aliphatic heterocycles. The number of nitrogens with one attached hydrogen (secondary N) is 2. The number of hydrogen-bond donors (Lipinski definition) is 2. The highest BCUT2D eigenvalue weighted by molar-refractivity contribution is 7.89. The molecular weight excluding hydrogens is 446 g/mol. The van der Waals surface area contributed by atoms with E-state index in [1.165, 1.54) is 12.1 Å². The van der Waals surface area contributed by atoms with Crippen LogP contribution in [0.5, 0.6) is 0 Å². The fraction of sp³-hybridized carbons (Fsp3) is 0.458. The molecule has 0 spiro atoms. The molecule has 8 heteroatoms. The molecule has 0 aliphatic carbocycles. The fourth-order valence-corrected chi connectivity index (χ4v) is 5.13. The smallest absolute Gasteiger partial charge is 0.240 e. The molecule has 1 saturated heterocycles. The number of hydrogen-bond acceptors (Lipinski definition) is 4. The number of nitrogens with zero attached hydrogens (tertiary/aromatic N) is 1. The third-order valence-electron chi connectivity index (χ3n) is 5.79. The number of rotatable bonds is 10. The molecule has 0 saturated carbocycles. The van der Waals surface area contributed by atoms with Crippen LogP contribution >= 0.6 is 11.6 Å². The first-order chi connectivity index (χ1) is 15.4. The number of benzene rings is 2. The fourth-order valence-electron chi connectivity index (χ4n) is 3.88. The first-order valence-corrected chi connectivity index (χ1v) is 13.2. The van der Waals surface area contributed by atoms with Gasteiger partial charge in [0.2, 0.25) is 15.9 Å². The van der Waals surface area contributed by atoms with Gasteiger partial charge in [0.1, 0.15) is 0 Å². The van der Waals surface area contributed by atoms with E-state index in [4.69, 9.17) is 11.6 Å². The molecule has 0 bridgehead atoms. The van der Waals surface area contributed by atoms with Crippen molar-refractivity contribution in [2.24, 2.45) is 5.92 Å². The summed E-state index contributed by atoms with van der Waals surface area (Å²) in [5, 5.41) is 3.63. The van der Waals surface area contributed by atoms with Crippen molar-refractivity contribution in [3.05, 3.63) is 53.6 Å². The molecule has 3 rings (SSSR count). The number of sulfonamides is 1. The summed E-state index contributed by atoms with van der Waals surface area (Å²) in [5.41, 5.74) is 1.68. The second kappa shape index (κ2) is 11.7. The zero-order valence-corrected chi connectivity index (χ0v) is 20.1. The van der Waals surface area contributed by atoms with Crippen LogP contribution in [0.25, 0.3) is 0 Å². The average molecular weight is 478 g/mol. The highest BCUT2D eigenvalue weighted by atomic mass is 35.5. The van der Waals surface area contributed by atoms with Crippen molar-refractivity contribution in [3.63, 3.8) is 0 Å². The number of halogens is 1. The molecule has 2 aromatic carbocycles. The lowest BCUT2D eigenvalue weighted by Crippen LogP contribution is -2.38. The normalized spacial score (nSPS) is 15.0. The minimum absolute atomic E-state index is 0.0274. The molecule has 1 amide bonds. The summed E-state index contributed by atoms with van der Waals surface area (Å²) < 4.78 is 27.4. The molecule has 174 valence electrons. The summed E-state index contributed by atoms with van der Waals surface area (Å²) in [4.78, 5) is 15.1. The molecule has 1 aliphatic rings. The first kappa shape index (κ1) is 24.6. The lowest BCUT2D eigenvalue weighted by atomic mass is 9.95. The van der Waals surface area contributed by atoms with Crippen molar-refractivity contribution in [3.8, 4) is 0 Å². The molecule has 0 aromatic heterocycles. The molecule has 2 aromatic rings. The van der Waals surface area contributed by atoms with Crippen LogP contribution in [-0.4, -0.2) is 34.0 Å². The standard InChI is InChI=1S/C24H32ClN3O3S/c1-2-3-4-5-15-26-32(30,31)23-11-9-21(10-12-23)27-24(29)19-13-16-28(17-14-19)22-8-6-7-20(25)18-22/h6-12,18-19,26H,2-5,13-17H2,1H3,(H,27,29). The molecule has 0 radical (unpaired) electrons. The largest absolute Gasteiger partial charge is 0.371 e. The first-order valence-electron chi connectivity index (χ1n) is 11.3. The second-order valence-corrected chi connectivity index (χ2v) is 10.4. The number of unbranched alkanes of at least 4 members (excludes halogenated alkanes) is 3. The quantitative estimate of drug-likeness (QED) is 0.469. The minimum atomic E-state index is -3.53. The van der Waals surface area contributed by atoms with Crippen molar-refractivity contribution in [1.82, 2.24) is 4.72 Å². The number of carbonyl (C=O) groups is 1. The van der Waals surface area contributed by atoms with Crippen LogP contribution in [0.2, 0.25) is 5.02 Å². The van der Waals surface area contributed by atoms with Gasteiger partial charge in [0.15, 0.2) is 0 Å². The summed E-state index contributed by atoms with van der Waals surface area (Å²) in [6.07, 6.45) is 5.58. The highest BCUT2D eigenvalue weighted by Crippen LogP contribution is 2.26. The Labute approximate surface area is 196 Å². The van der Waals surface area contributed by atoms with Crippen LogP contribution in [0.4, 0.5) is 11.4 Å². The van der Waals surface area contributed by atoms with Gasteiger partial charge >= 0.3 is 0 Å². The topological polar surface area (TPSA) is 78.5 Å². The van der Waals surface area contributed by atoms with Gasteiger partial charge < -0.3 is 10.2 Å². The van der Waals surface area contributed by atoms with Crippen molar-refractivity contribution >= 4 is 38.9 Å². The summed E-state index contributed by atoms with van der Waals surface area (Å²) >= 11 is 6.08. The maximum atomic E-state index is 12.7. The van der Waals surface area contributed by atoms with Gasteiger partial charge in [-0.2, -0.15) is 0 Å². The maximum Gasteiger partial charge on any atom is 0.240 e. The van der Waals surface area contributed by atoms with Crippen molar-refractivity contribution in [2.45, 2.75) is 50.3 Å². The van der Waals surface area contributed by atoms with Crippen molar-refractivity contribution in [1.29, 1.82) is 0 Å². The Balaban J connectivity index is 1.48. The van der Waals surface area contributed by atoms with E-state index >= 15 is 0 Å². The van der Waals surface area contributed by atoms with Gasteiger partial charge in [-0.3, -0.25) is 4.79 Å². The van der Waals surface area contributed by atoms with Gasteiger partial charge in [-0.15, -0.1) is 0 Å². The van der Waals surface area contributed by atoms with Crippen LogP contribution in [0, 0.1) is 5.92 Å². The zero-order valence-electron chi connectivity index (χ0n) is 18.5. The maximum absolute atomic E-state index is 12.7. The van der Waals surface area contributed by atoms with Crippen molar-refractivity contribution < 1.29 is 13.2 Å². The van der Waals surface area contributed by atoms with E-state index in [-0.39, 0.29) is 16.7 Å². The number of piperidine rings is 1. The van der Waals surface area contributed by atoms with Gasteiger partial charge in [-0.05, 0) is 61.7 Å². The van der Waals surface area contributed by atoms with E-state index in [0.717, 1.165) is 57.3 Å². The van der Waals surface area contributed by atoms with Gasteiger partial charge in [-0.25, -0.2) is 13.1 Å². The molecule has 0 unspecified atom stereocenters. The van der Waals surface area contributed by atoms with E-state index in [1.807, 2.05) is 24.3 Å². The number of amides is 1. The van der Waals surface area contributed by atoms with Crippen LogP contribution in [0.1, 0.15) is 45.4 Å². The third-order valence-corrected chi connectivity index (χ3v) is 7.51. The Bertz CT molecular complexity index is 988. The summed E-state index contributed by atoms with van der Waals surface area (Å²) in [6, 6.07) is 14.1. The van der Waals surface area contributed by atoms with Crippen LogP contribution in [0.3, 0.4) is 0 Å². The minimum Gasteiger partial charge on any atom is -0.371 e. The average Bonchev–Trinajstić information content (AvgIpc) is 2.79. The molecule has 6 nitrogen and oxygen atoms in total. The lowest BCUT2D eigenvalue weighted by Gasteiger charge is -2.33. The molecule has 2 N–H and O–H groups in total. The SMILES string of the molecule is CCCCCCNS(=O)(=O)c1ccc(NC(=O)C2CCN(c3cccc(Cl)c3)CC2)cc1. The van der Waals surface area contributed by atoms with E-state index in [2.05, 4.69) is 21.9 Å². The predicted octanol–water partition coefficient (Wildman–Crippen LogP) is 5.05. The van der Waals surface area contributed by atoms with E-state index < -0.39 is 10.0 Å². The summed E-state index contributed by atoms with van der Waals surface area (Å²) in [6.45, 7) is 4.14. The predicted molar refractivity (Wildman–Crippen MR) is 131 cm³/mol. The second-order valence-electron chi connectivity index (χ2n) is 8.21. The molecular formula is C24H32ClN3O3S. The van der Waals surface area contributed by atoms with Crippen LogP contribution in [0.15, 0.2) is 53.4 Å². The van der Waals surface area contributed by atoms with Gasteiger partial charge in [-0.1, -0.05) is 43.9 Å². The lowest BCUT2D eigenvalue weighted by molar-refractivity contribution is -0.120. The van der Waals surface area contributed by atoms with Gasteiger partial charge in [0, 0.05) is 41.9 Å². The zero-order chi connectivity index (χ0) is 23.0. The monoisotopic (exact) mass is 477 g/mol. The molecule has 0 atom stereocenters. The van der Waals surface area contributed by atoms with E-state index in [1.54, 1.807) is 12.1 Å². The van der Waals surface area contributed by atoms with E-state index in [9.17, 15) is 13.2 Å². The third kappa shape index (κ3) is 6.95. The van der Waals surface area contributed by atoms with E-state index in [0.29, 0.717) is 17.3 Å². The Morgan fingerprint density at radius 2 is 1.78 bits per heavy atom. The summed E-state index contributed by atoms with van der Waals surface area (Å²) in [5.74, 6) is -0.0981. The molecule has 1 fully saturated rings. The molecule has 32 heavy (non-hydrogen) atoms.